The third-order valence-electron chi connectivity index (χ3n) is 6.38. The quantitative estimate of drug-likeness (QED) is 0.536. The van der Waals surface area contributed by atoms with Gasteiger partial charge in [-0.2, -0.15) is 0 Å². The van der Waals surface area contributed by atoms with Crippen molar-refractivity contribution in [2.45, 2.75) is 39.3 Å². The molecule has 1 amide bonds. The van der Waals surface area contributed by atoms with Crippen molar-refractivity contribution in [3.63, 3.8) is 0 Å². The van der Waals surface area contributed by atoms with E-state index in [0.717, 1.165) is 22.3 Å². The van der Waals surface area contributed by atoms with Crippen LogP contribution in [-0.2, 0) is 11.3 Å². The molecule has 5 rings (SSSR count). The predicted molar refractivity (Wildman–Crippen MR) is 127 cm³/mol. The first kappa shape index (κ1) is 21.1. The number of carbonyl (C=O) groups excluding carboxylic acids is 1. The fourth-order valence-electron chi connectivity index (χ4n) is 4.49. The van der Waals surface area contributed by atoms with Crippen molar-refractivity contribution in [2.24, 2.45) is 0 Å². The van der Waals surface area contributed by atoms with Gasteiger partial charge in [-0.15, -0.1) is 0 Å². The Labute approximate surface area is 193 Å². The van der Waals surface area contributed by atoms with Gasteiger partial charge >= 0.3 is 0 Å². The van der Waals surface area contributed by atoms with E-state index in [1.165, 1.54) is 5.56 Å². The van der Waals surface area contributed by atoms with Crippen molar-refractivity contribution in [1.82, 2.24) is 4.90 Å². The minimum atomic E-state index is -0.396. The van der Waals surface area contributed by atoms with E-state index in [1.54, 1.807) is 4.90 Å². The summed E-state index contributed by atoms with van der Waals surface area (Å²) in [7, 11) is 0. The van der Waals surface area contributed by atoms with Crippen molar-refractivity contribution in [1.29, 1.82) is 0 Å². The number of hydrogen-bond acceptors (Lipinski definition) is 4. The molecule has 0 aromatic heterocycles. The zero-order valence-corrected chi connectivity index (χ0v) is 19.0. The molecule has 0 aliphatic carbocycles. The number of nitrogens with zero attached hydrogens (tertiary/aromatic N) is 1. The summed E-state index contributed by atoms with van der Waals surface area (Å²) in [6.45, 7) is 6.87. The largest absolute Gasteiger partial charge is 0.503 e. The monoisotopic (exact) mass is 441 g/mol. The van der Waals surface area contributed by atoms with Crippen molar-refractivity contribution in [3.05, 3.63) is 100 Å². The maximum Gasteiger partial charge on any atom is 0.290 e. The average Bonchev–Trinajstić information content (AvgIpc) is 3.38. The van der Waals surface area contributed by atoms with E-state index >= 15 is 0 Å². The van der Waals surface area contributed by atoms with Gasteiger partial charge in [-0.3, -0.25) is 4.79 Å². The molecule has 1 N–H and O–H groups in total. The number of ether oxygens (including phenoxy) is 2. The van der Waals surface area contributed by atoms with Crippen LogP contribution in [0.1, 0.15) is 53.6 Å². The summed E-state index contributed by atoms with van der Waals surface area (Å²) in [5, 5.41) is 11.0. The van der Waals surface area contributed by atoms with Gasteiger partial charge in [0.2, 0.25) is 6.79 Å². The topological polar surface area (TPSA) is 59.0 Å². The molecule has 0 bridgehead atoms. The van der Waals surface area contributed by atoms with Crippen LogP contribution in [0.5, 0.6) is 11.5 Å². The Balaban J connectivity index is 1.57. The Bertz CT molecular complexity index is 1230. The Morgan fingerprint density at radius 3 is 2.36 bits per heavy atom. The Kier molecular flexibility index (Phi) is 5.33. The second-order valence-electron chi connectivity index (χ2n) is 8.97. The van der Waals surface area contributed by atoms with E-state index in [0.29, 0.717) is 29.5 Å². The maximum absolute atomic E-state index is 13.3. The van der Waals surface area contributed by atoms with Crippen LogP contribution in [0.3, 0.4) is 0 Å². The van der Waals surface area contributed by atoms with Gasteiger partial charge in [0.25, 0.3) is 5.91 Å². The van der Waals surface area contributed by atoms with Gasteiger partial charge in [-0.05, 0) is 47.2 Å². The SMILES string of the molecule is Cc1ccc(C2=C(O)C(=O)N(Cc3ccc4c(c3)OCO4)[C@H]2c2ccc(C(C)C)cc2)cc1. The molecule has 0 unspecified atom stereocenters. The molecule has 0 saturated heterocycles. The van der Waals surface area contributed by atoms with Crippen molar-refractivity contribution in [3.8, 4) is 11.5 Å². The standard InChI is InChI=1S/C28H27NO4/c1-17(2)20-9-11-22(12-10-20)26-25(21-7-4-18(3)5-8-21)27(30)28(31)29(26)15-19-6-13-23-24(14-19)33-16-32-23/h4-14,17,26,30H,15-16H2,1-3H3/t26-/m0/s1. The number of benzene rings is 3. The lowest BCUT2D eigenvalue weighted by Gasteiger charge is -2.28. The highest BCUT2D eigenvalue weighted by Crippen LogP contribution is 2.44. The number of rotatable bonds is 5. The molecule has 0 spiro atoms. The molecule has 3 aromatic carbocycles. The maximum atomic E-state index is 13.3. The van der Waals surface area contributed by atoms with Gasteiger partial charge in [0.15, 0.2) is 17.3 Å². The Hall–Kier alpha value is -3.73. The van der Waals surface area contributed by atoms with Crippen LogP contribution in [0.4, 0.5) is 0 Å². The lowest BCUT2D eigenvalue weighted by Crippen LogP contribution is -2.29. The highest BCUT2D eigenvalue weighted by molar-refractivity contribution is 6.05. The van der Waals surface area contributed by atoms with Crippen LogP contribution in [0, 0.1) is 6.92 Å². The normalized spacial score (nSPS) is 17.4. The number of amides is 1. The lowest BCUT2D eigenvalue weighted by molar-refractivity contribution is -0.130. The van der Waals surface area contributed by atoms with Gasteiger partial charge in [-0.25, -0.2) is 0 Å². The van der Waals surface area contributed by atoms with Crippen LogP contribution in [-0.4, -0.2) is 22.7 Å². The highest BCUT2D eigenvalue weighted by atomic mass is 16.7. The van der Waals surface area contributed by atoms with Crippen LogP contribution in [0.2, 0.25) is 0 Å². The first-order valence-corrected chi connectivity index (χ1v) is 11.2. The summed E-state index contributed by atoms with van der Waals surface area (Å²) >= 11 is 0. The van der Waals surface area contributed by atoms with E-state index in [9.17, 15) is 9.90 Å². The third kappa shape index (κ3) is 3.84. The van der Waals surface area contributed by atoms with Crippen molar-refractivity contribution in [2.75, 3.05) is 6.79 Å². The molecule has 168 valence electrons. The fourth-order valence-corrected chi connectivity index (χ4v) is 4.49. The number of aliphatic hydroxyl groups is 1. The molecule has 0 saturated carbocycles. The summed E-state index contributed by atoms with van der Waals surface area (Å²) in [5.41, 5.74) is 5.71. The molecule has 5 nitrogen and oxygen atoms in total. The first-order chi connectivity index (χ1) is 15.9. The minimum Gasteiger partial charge on any atom is -0.503 e. The molecule has 33 heavy (non-hydrogen) atoms. The molecule has 2 aliphatic rings. The number of hydrogen-bond donors (Lipinski definition) is 1. The second-order valence-corrected chi connectivity index (χ2v) is 8.97. The van der Waals surface area contributed by atoms with Gasteiger partial charge < -0.3 is 19.5 Å². The predicted octanol–water partition coefficient (Wildman–Crippen LogP) is 5.90. The average molecular weight is 442 g/mol. The summed E-state index contributed by atoms with van der Waals surface area (Å²) in [6, 6.07) is 21.6. The van der Waals surface area contributed by atoms with Gasteiger partial charge in [0, 0.05) is 12.1 Å². The fraction of sp³-hybridized carbons (Fsp3) is 0.250. The summed E-state index contributed by atoms with van der Waals surface area (Å²) in [4.78, 5) is 15.0. The van der Waals surface area contributed by atoms with Gasteiger partial charge in [-0.1, -0.05) is 74.0 Å². The number of fused-ring (bicyclic) bond motifs is 1. The minimum absolute atomic E-state index is 0.197. The molecular formula is C28H27NO4. The zero-order valence-electron chi connectivity index (χ0n) is 19.0. The highest BCUT2D eigenvalue weighted by Gasteiger charge is 2.41. The molecule has 3 aromatic rings. The molecule has 2 heterocycles. The molecule has 2 aliphatic heterocycles. The number of carbonyl (C=O) groups is 1. The Morgan fingerprint density at radius 1 is 0.970 bits per heavy atom. The number of aliphatic hydroxyl groups excluding tert-OH is 1. The second kappa shape index (κ2) is 8.32. The van der Waals surface area contributed by atoms with E-state index in [4.69, 9.17) is 9.47 Å². The summed E-state index contributed by atoms with van der Waals surface area (Å²) in [5.74, 6) is 1.22. The lowest BCUT2D eigenvalue weighted by atomic mass is 9.91. The first-order valence-electron chi connectivity index (χ1n) is 11.2. The van der Waals surface area contributed by atoms with E-state index < -0.39 is 6.04 Å². The van der Waals surface area contributed by atoms with Gasteiger partial charge in [0.1, 0.15) is 0 Å². The van der Waals surface area contributed by atoms with Crippen molar-refractivity contribution < 1.29 is 19.4 Å². The molecule has 1 atom stereocenters. The Morgan fingerprint density at radius 2 is 1.67 bits per heavy atom. The molecular weight excluding hydrogens is 414 g/mol. The third-order valence-corrected chi connectivity index (χ3v) is 6.38. The number of aryl methyl sites for hydroxylation is 1. The van der Waals surface area contributed by atoms with Crippen LogP contribution >= 0.6 is 0 Å². The van der Waals surface area contributed by atoms with E-state index in [1.807, 2.05) is 49.4 Å². The summed E-state index contributed by atoms with van der Waals surface area (Å²) in [6.07, 6.45) is 0. The van der Waals surface area contributed by atoms with Gasteiger partial charge in [0.05, 0.1) is 6.04 Å². The zero-order chi connectivity index (χ0) is 23.1. The molecule has 0 radical (unpaired) electrons. The summed E-state index contributed by atoms with van der Waals surface area (Å²) < 4.78 is 10.9. The molecule has 5 heteroatoms. The van der Waals surface area contributed by atoms with Crippen molar-refractivity contribution >= 4 is 11.5 Å². The van der Waals surface area contributed by atoms with Crippen LogP contribution in [0.15, 0.2) is 72.5 Å². The van der Waals surface area contributed by atoms with E-state index in [2.05, 4.69) is 38.1 Å². The smallest absolute Gasteiger partial charge is 0.290 e. The van der Waals surface area contributed by atoms with E-state index in [-0.39, 0.29) is 18.5 Å². The van der Waals surface area contributed by atoms with Crippen LogP contribution < -0.4 is 9.47 Å². The van der Waals surface area contributed by atoms with Crippen LogP contribution in [0.25, 0.3) is 5.57 Å². The molecule has 0 fully saturated rings.